The third-order valence-electron chi connectivity index (χ3n) is 10.9. The van der Waals surface area contributed by atoms with Crippen molar-refractivity contribution in [1.82, 2.24) is 19.9 Å². The molecule has 0 saturated heterocycles. The molecule has 0 aliphatic rings. The van der Waals surface area contributed by atoms with Crippen molar-refractivity contribution in [1.29, 1.82) is 0 Å². The van der Waals surface area contributed by atoms with Gasteiger partial charge in [0.1, 0.15) is 35.0 Å². The highest BCUT2D eigenvalue weighted by Crippen LogP contribution is 2.43. The number of rotatable bonds is 4. The number of nitrogens with zero attached hydrogens (tertiary/aromatic N) is 4. The third kappa shape index (κ3) is 5.38. The molecule has 4 aromatic heterocycles. The Hall–Kier alpha value is -6.40. The van der Waals surface area contributed by atoms with Gasteiger partial charge in [0.05, 0.1) is 22.4 Å². The number of benzene rings is 6. The summed E-state index contributed by atoms with van der Waals surface area (Å²) in [5.41, 5.74) is 13.4. The van der Waals surface area contributed by atoms with E-state index < -0.39 is 0 Å². The molecule has 6 nitrogen and oxygen atoms in total. The molecule has 10 aromatic rings. The Kier molecular flexibility index (Phi) is 7.27. The van der Waals surface area contributed by atoms with Crippen LogP contribution in [0.15, 0.2) is 131 Å². The molecule has 10 rings (SSSR count). The molecule has 0 radical (unpaired) electrons. The van der Waals surface area contributed by atoms with Crippen LogP contribution < -0.4 is 0 Å². The minimum Gasteiger partial charge on any atom is -0.455 e. The van der Waals surface area contributed by atoms with E-state index in [0.29, 0.717) is 6.42 Å². The Balaban J connectivity index is 1.22. The number of furan rings is 2. The Morgan fingerprint density at radius 1 is 0.436 bits per heavy atom. The summed E-state index contributed by atoms with van der Waals surface area (Å²) in [5, 5.41) is 6.30. The minimum atomic E-state index is -0.0847. The van der Waals surface area contributed by atoms with E-state index in [9.17, 15) is 0 Å². The molecule has 0 unspecified atom stereocenters. The number of para-hydroxylation sites is 4. The van der Waals surface area contributed by atoms with Crippen LogP contribution in [-0.2, 0) is 17.3 Å². The van der Waals surface area contributed by atoms with E-state index in [4.69, 9.17) is 28.8 Å². The smallest absolute Gasteiger partial charge is 0.144 e. The summed E-state index contributed by atoms with van der Waals surface area (Å²) in [4.78, 5) is 19.5. The van der Waals surface area contributed by atoms with Crippen molar-refractivity contribution in [3.05, 3.63) is 144 Å². The first-order chi connectivity index (χ1) is 26.5. The largest absolute Gasteiger partial charge is 0.455 e. The standard InChI is InChI=1S/C49H40N4O2/c1-48(2,3)38-17-11-15-32-42(50-26-52-44(32)38)36-24-28(22-34-30-13-7-9-19-40(30)54-46(34)36)21-29-23-35-31-14-8-10-20-41(31)55-47(35)37(25-29)43-33-16-12-18-39(49(4,5)6)45(33)53-27-51-43/h7-20,22-27H,21H2,1-6H3. The lowest BCUT2D eigenvalue weighted by atomic mass is 9.85. The highest BCUT2D eigenvalue weighted by atomic mass is 16.3. The fourth-order valence-corrected chi connectivity index (χ4v) is 8.38. The Labute approximate surface area is 318 Å². The van der Waals surface area contributed by atoms with Gasteiger partial charge in [0.15, 0.2) is 0 Å². The predicted molar refractivity (Wildman–Crippen MR) is 225 cm³/mol. The fraction of sp³-hybridized carbons (Fsp3) is 0.184. The van der Waals surface area contributed by atoms with E-state index in [1.165, 1.54) is 11.1 Å². The molecule has 268 valence electrons. The van der Waals surface area contributed by atoms with Crippen LogP contribution in [0, 0.1) is 0 Å². The molecule has 6 heteroatoms. The molecule has 0 N–H and O–H groups in total. The first-order valence-corrected chi connectivity index (χ1v) is 18.9. The number of hydrogen-bond donors (Lipinski definition) is 0. The van der Waals surface area contributed by atoms with Crippen LogP contribution in [-0.4, -0.2) is 19.9 Å². The van der Waals surface area contributed by atoms with Crippen LogP contribution in [0.1, 0.15) is 63.8 Å². The maximum absolute atomic E-state index is 6.65. The summed E-state index contributed by atoms with van der Waals surface area (Å²) >= 11 is 0. The molecule has 0 aliphatic heterocycles. The Bertz CT molecular complexity index is 2940. The lowest BCUT2D eigenvalue weighted by molar-refractivity contribution is 0.594. The monoisotopic (exact) mass is 716 g/mol. The molecular formula is C49H40N4O2. The molecule has 0 atom stereocenters. The molecule has 0 bridgehead atoms. The molecule has 0 fully saturated rings. The number of fused-ring (bicyclic) bond motifs is 8. The summed E-state index contributed by atoms with van der Waals surface area (Å²) < 4.78 is 13.3. The van der Waals surface area contributed by atoms with Gasteiger partial charge in [-0.2, -0.15) is 0 Å². The zero-order valence-electron chi connectivity index (χ0n) is 31.9. The zero-order valence-corrected chi connectivity index (χ0v) is 31.9. The SMILES string of the molecule is CC(C)(C)c1cccc2c(-c3cc(Cc4cc(-c5ncnc6c(C(C)(C)C)cccc56)c5oc6ccccc6c5c4)cc4c3oc3ccccc34)ncnc12. The maximum Gasteiger partial charge on any atom is 0.144 e. The second-order valence-corrected chi connectivity index (χ2v) is 16.8. The second-order valence-electron chi connectivity index (χ2n) is 16.8. The van der Waals surface area contributed by atoms with Crippen molar-refractivity contribution in [2.75, 3.05) is 0 Å². The van der Waals surface area contributed by atoms with Crippen LogP contribution in [0.4, 0.5) is 0 Å². The average molecular weight is 717 g/mol. The minimum absolute atomic E-state index is 0.0847. The molecule has 0 spiro atoms. The fourth-order valence-electron chi connectivity index (χ4n) is 8.38. The van der Waals surface area contributed by atoms with E-state index in [2.05, 4.69) is 126 Å². The topological polar surface area (TPSA) is 77.8 Å². The van der Waals surface area contributed by atoms with Crippen LogP contribution in [0.3, 0.4) is 0 Å². The summed E-state index contributed by atoms with van der Waals surface area (Å²) in [5.74, 6) is 0. The summed E-state index contributed by atoms with van der Waals surface area (Å²) in [7, 11) is 0. The number of aromatic nitrogens is 4. The van der Waals surface area contributed by atoms with Crippen LogP contribution in [0.5, 0.6) is 0 Å². The van der Waals surface area contributed by atoms with Crippen molar-refractivity contribution < 1.29 is 8.83 Å². The van der Waals surface area contributed by atoms with Gasteiger partial charge in [-0.05, 0) is 75.9 Å². The lowest BCUT2D eigenvalue weighted by Gasteiger charge is -2.21. The van der Waals surface area contributed by atoms with Gasteiger partial charge in [-0.1, -0.05) is 114 Å². The molecule has 0 aliphatic carbocycles. The number of hydrogen-bond acceptors (Lipinski definition) is 6. The Morgan fingerprint density at radius 3 is 1.29 bits per heavy atom. The van der Waals surface area contributed by atoms with Crippen molar-refractivity contribution >= 4 is 65.7 Å². The summed E-state index contributed by atoms with van der Waals surface area (Å²) in [6.45, 7) is 13.4. The average Bonchev–Trinajstić information content (AvgIpc) is 3.74. The lowest BCUT2D eigenvalue weighted by Crippen LogP contribution is -2.12. The molecular weight excluding hydrogens is 677 g/mol. The molecule has 6 aromatic carbocycles. The van der Waals surface area contributed by atoms with Gasteiger partial charge in [0.25, 0.3) is 0 Å². The van der Waals surface area contributed by atoms with Crippen molar-refractivity contribution in [3.63, 3.8) is 0 Å². The van der Waals surface area contributed by atoms with Gasteiger partial charge in [0, 0.05) is 43.4 Å². The molecule has 4 heterocycles. The normalized spacial score (nSPS) is 12.6. The van der Waals surface area contributed by atoms with Gasteiger partial charge >= 0.3 is 0 Å². The van der Waals surface area contributed by atoms with Crippen LogP contribution in [0.25, 0.3) is 88.2 Å². The van der Waals surface area contributed by atoms with Crippen LogP contribution >= 0.6 is 0 Å². The highest BCUT2D eigenvalue weighted by Gasteiger charge is 2.24. The van der Waals surface area contributed by atoms with E-state index >= 15 is 0 Å². The quantitative estimate of drug-likeness (QED) is 0.180. The van der Waals surface area contributed by atoms with Gasteiger partial charge in [0.2, 0.25) is 0 Å². The predicted octanol–water partition coefficient (Wildman–Crippen LogP) is 12.9. The van der Waals surface area contributed by atoms with Gasteiger partial charge in [-0.25, -0.2) is 19.9 Å². The third-order valence-corrected chi connectivity index (χ3v) is 10.9. The second kappa shape index (κ2) is 12.1. The van der Waals surface area contributed by atoms with E-state index in [-0.39, 0.29) is 10.8 Å². The van der Waals surface area contributed by atoms with E-state index in [1.807, 2.05) is 24.3 Å². The van der Waals surface area contributed by atoms with Gasteiger partial charge in [-0.3, -0.25) is 0 Å². The first kappa shape index (κ1) is 33.2. The van der Waals surface area contributed by atoms with Crippen molar-refractivity contribution in [2.24, 2.45) is 0 Å². The van der Waals surface area contributed by atoms with Gasteiger partial charge in [-0.15, -0.1) is 0 Å². The maximum atomic E-state index is 6.65. The van der Waals surface area contributed by atoms with Crippen LogP contribution in [0.2, 0.25) is 0 Å². The Morgan fingerprint density at radius 2 is 0.855 bits per heavy atom. The van der Waals surface area contributed by atoms with Crippen molar-refractivity contribution in [2.45, 2.75) is 58.8 Å². The molecule has 0 amide bonds. The first-order valence-electron chi connectivity index (χ1n) is 18.9. The van der Waals surface area contributed by atoms with Crippen molar-refractivity contribution in [3.8, 4) is 22.5 Å². The van der Waals surface area contributed by atoms with E-state index in [0.717, 1.165) is 99.3 Å². The molecule has 55 heavy (non-hydrogen) atoms. The summed E-state index contributed by atoms with van der Waals surface area (Å²) in [6, 6.07) is 38.4. The summed E-state index contributed by atoms with van der Waals surface area (Å²) in [6.07, 6.45) is 4.04. The molecule has 0 saturated carbocycles. The van der Waals surface area contributed by atoms with E-state index in [1.54, 1.807) is 12.7 Å². The highest BCUT2D eigenvalue weighted by molar-refractivity contribution is 6.13. The van der Waals surface area contributed by atoms with Gasteiger partial charge < -0.3 is 8.83 Å². The zero-order chi connectivity index (χ0) is 37.6.